The first-order chi connectivity index (χ1) is 7.87. The van der Waals surface area contributed by atoms with Crippen LogP contribution in [0.15, 0.2) is 29.2 Å². The Morgan fingerprint density at radius 2 is 2.06 bits per heavy atom. The number of benzene rings is 1. The number of sulfonamides is 1. The SMILES string of the molecule is CN(C)S(=O)(=O)c1cccc(NC(=O)CCl)c1. The quantitative estimate of drug-likeness (QED) is 0.838. The van der Waals surface area contributed by atoms with Crippen LogP contribution in [0, 0.1) is 0 Å². The fourth-order valence-corrected chi connectivity index (χ4v) is 2.15. The number of halogens is 1. The predicted octanol–water partition coefficient (Wildman–Crippen LogP) is 1.11. The van der Waals surface area contributed by atoms with Crippen LogP contribution in [0.3, 0.4) is 0 Å². The molecule has 0 aliphatic heterocycles. The van der Waals surface area contributed by atoms with Gasteiger partial charge in [0, 0.05) is 19.8 Å². The Kier molecular flexibility index (Phi) is 4.50. The van der Waals surface area contributed by atoms with Crippen LogP contribution in [0.25, 0.3) is 0 Å². The normalized spacial score (nSPS) is 11.5. The minimum Gasteiger partial charge on any atom is -0.325 e. The van der Waals surface area contributed by atoms with Gasteiger partial charge in [0.25, 0.3) is 0 Å². The highest BCUT2D eigenvalue weighted by molar-refractivity contribution is 7.89. The lowest BCUT2D eigenvalue weighted by Gasteiger charge is -2.12. The van der Waals surface area contributed by atoms with E-state index in [0.29, 0.717) is 5.69 Å². The van der Waals surface area contributed by atoms with Gasteiger partial charge in [-0.2, -0.15) is 0 Å². The maximum absolute atomic E-state index is 11.8. The van der Waals surface area contributed by atoms with Crippen molar-refractivity contribution in [2.75, 3.05) is 25.3 Å². The van der Waals surface area contributed by atoms with Gasteiger partial charge in [-0.05, 0) is 18.2 Å². The van der Waals surface area contributed by atoms with Gasteiger partial charge in [-0.1, -0.05) is 6.07 Å². The van der Waals surface area contributed by atoms with Crippen molar-refractivity contribution in [3.05, 3.63) is 24.3 Å². The molecule has 0 spiro atoms. The van der Waals surface area contributed by atoms with Crippen molar-refractivity contribution in [2.24, 2.45) is 0 Å². The molecular formula is C10H13ClN2O3S. The molecule has 1 aromatic carbocycles. The lowest BCUT2D eigenvalue weighted by Crippen LogP contribution is -2.22. The summed E-state index contributed by atoms with van der Waals surface area (Å²) in [5.41, 5.74) is 0.401. The zero-order chi connectivity index (χ0) is 13.1. The maximum atomic E-state index is 11.8. The number of alkyl halides is 1. The van der Waals surface area contributed by atoms with Crippen LogP contribution in [-0.2, 0) is 14.8 Å². The summed E-state index contributed by atoms with van der Waals surface area (Å²) >= 11 is 5.34. The van der Waals surface area contributed by atoms with Crippen molar-refractivity contribution >= 4 is 33.2 Å². The smallest absolute Gasteiger partial charge is 0.242 e. The summed E-state index contributed by atoms with van der Waals surface area (Å²) in [6.07, 6.45) is 0. The average Bonchev–Trinajstić information content (AvgIpc) is 2.29. The first-order valence-electron chi connectivity index (χ1n) is 4.76. The fourth-order valence-electron chi connectivity index (χ4n) is 1.14. The zero-order valence-corrected chi connectivity index (χ0v) is 11.0. The Morgan fingerprint density at radius 3 is 2.59 bits per heavy atom. The molecule has 0 unspecified atom stereocenters. The second-order valence-electron chi connectivity index (χ2n) is 3.50. The number of rotatable bonds is 4. The van der Waals surface area contributed by atoms with Gasteiger partial charge >= 0.3 is 0 Å². The van der Waals surface area contributed by atoms with Crippen molar-refractivity contribution in [1.82, 2.24) is 4.31 Å². The van der Waals surface area contributed by atoms with Gasteiger partial charge in [0.15, 0.2) is 0 Å². The van der Waals surface area contributed by atoms with E-state index in [2.05, 4.69) is 5.32 Å². The molecule has 0 bridgehead atoms. The Bertz CT molecular complexity index is 514. The number of anilines is 1. The number of amides is 1. The highest BCUT2D eigenvalue weighted by Gasteiger charge is 2.17. The van der Waals surface area contributed by atoms with E-state index in [-0.39, 0.29) is 16.7 Å². The Hall–Kier alpha value is -1.11. The summed E-state index contributed by atoms with van der Waals surface area (Å²) in [5.74, 6) is -0.559. The molecule has 1 amide bonds. The molecule has 5 nitrogen and oxygen atoms in total. The van der Waals surface area contributed by atoms with E-state index in [9.17, 15) is 13.2 Å². The van der Waals surface area contributed by atoms with E-state index in [1.165, 1.54) is 26.2 Å². The lowest BCUT2D eigenvalue weighted by atomic mass is 10.3. The Balaban J connectivity index is 3.06. The summed E-state index contributed by atoms with van der Waals surface area (Å²) in [6, 6.07) is 6.00. The molecule has 0 radical (unpaired) electrons. The highest BCUT2D eigenvalue weighted by Crippen LogP contribution is 2.17. The first-order valence-corrected chi connectivity index (χ1v) is 6.74. The molecule has 0 aromatic heterocycles. The molecule has 0 aliphatic carbocycles. The molecule has 0 heterocycles. The van der Waals surface area contributed by atoms with Crippen molar-refractivity contribution in [3.8, 4) is 0 Å². The standard InChI is InChI=1S/C10H13ClN2O3S/c1-13(2)17(15,16)9-5-3-4-8(6-9)12-10(14)7-11/h3-6H,7H2,1-2H3,(H,12,14). The minimum absolute atomic E-state index is 0.120. The summed E-state index contributed by atoms with van der Waals surface area (Å²) in [4.78, 5) is 11.2. The monoisotopic (exact) mass is 276 g/mol. The number of hydrogen-bond acceptors (Lipinski definition) is 3. The van der Waals surface area contributed by atoms with Gasteiger partial charge in [0.1, 0.15) is 5.88 Å². The van der Waals surface area contributed by atoms with E-state index in [1.54, 1.807) is 12.1 Å². The third kappa shape index (κ3) is 3.42. The third-order valence-electron chi connectivity index (χ3n) is 2.02. The average molecular weight is 277 g/mol. The molecule has 1 rings (SSSR count). The van der Waals surface area contributed by atoms with Gasteiger partial charge in [-0.25, -0.2) is 12.7 Å². The number of carbonyl (C=O) groups excluding carboxylic acids is 1. The van der Waals surface area contributed by atoms with Crippen LogP contribution in [0.4, 0.5) is 5.69 Å². The third-order valence-corrected chi connectivity index (χ3v) is 4.07. The molecule has 0 saturated carbocycles. The fraction of sp³-hybridized carbons (Fsp3) is 0.300. The van der Waals surface area contributed by atoms with Crippen LogP contribution < -0.4 is 5.32 Å². The molecule has 0 aliphatic rings. The van der Waals surface area contributed by atoms with Crippen LogP contribution in [0.1, 0.15) is 0 Å². The van der Waals surface area contributed by atoms with Gasteiger partial charge < -0.3 is 5.32 Å². The van der Waals surface area contributed by atoms with Crippen LogP contribution in [0.5, 0.6) is 0 Å². The van der Waals surface area contributed by atoms with Crippen molar-refractivity contribution < 1.29 is 13.2 Å². The molecular weight excluding hydrogens is 264 g/mol. The predicted molar refractivity (Wildman–Crippen MR) is 66.7 cm³/mol. The zero-order valence-electron chi connectivity index (χ0n) is 9.47. The number of carbonyl (C=O) groups is 1. The molecule has 0 fully saturated rings. The summed E-state index contributed by atoms with van der Waals surface area (Å²) in [7, 11) is -0.605. The van der Waals surface area contributed by atoms with Crippen LogP contribution in [-0.4, -0.2) is 38.6 Å². The molecule has 94 valence electrons. The molecule has 0 saturated heterocycles. The number of hydrogen-bond donors (Lipinski definition) is 1. The van der Waals surface area contributed by atoms with E-state index >= 15 is 0 Å². The van der Waals surface area contributed by atoms with E-state index in [0.717, 1.165) is 4.31 Å². The van der Waals surface area contributed by atoms with Crippen LogP contribution >= 0.6 is 11.6 Å². The largest absolute Gasteiger partial charge is 0.325 e. The second-order valence-corrected chi connectivity index (χ2v) is 5.92. The van der Waals surface area contributed by atoms with Crippen molar-refractivity contribution in [3.63, 3.8) is 0 Å². The maximum Gasteiger partial charge on any atom is 0.242 e. The number of nitrogens with one attached hydrogen (secondary N) is 1. The van der Waals surface area contributed by atoms with Gasteiger partial charge in [0.2, 0.25) is 15.9 Å². The van der Waals surface area contributed by atoms with E-state index in [4.69, 9.17) is 11.6 Å². The molecule has 1 aromatic rings. The van der Waals surface area contributed by atoms with Gasteiger partial charge in [-0.15, -0.1) is 11.6 Å². The Labute approximate surface area is 105 Å². The van der Waals surface area contributed by atoms with Gasteiger partial charge in [-0.3, -0.25) is 4.79 Å². The topological polar surface area (TPSA) is 66.5 Å². The second kappa shape index (κ2) is 5.48. The lowest BCUT2D eigenvalue weighted by molar-refractivity contribution is -0.113. The van der Waals surface area contributed by atoms with Crippen LogP contribution in [0.2, 0.25) is 0 Å². The van der Waals surface area contributed by atoms with Gasteiger partial charge in [0.05, 0.1) is 4.90 Å². The van der Waals surface area contributed by atoms with E-state index < -0.39 is 10.0 Å². The summed E-state index contributed by atoms with van der Waals surface area (Å²) < 4.78 is 24.8. The summed E-state index contributed by atoms with van der Waals surface area (Å²) in [5, 5.41) is 2.49. The molecule has 0 atom stereocenters. The van der Waals surface area contributed by atoms with E-state index in [1.807, 2.05) is 0 Å². The number of nitrogens with zero attached hydrogens (tertiary/aromatic N) is 1. The molecule has 17 heavy (non-hydrogen) atoms. The first kappa shape index (κ1) is 14.0. The Morgan fingerprint density at radius 1 is 1.41 bits per heavy atom. The molecule has 7 heteroatoms. The summed E-state index contributed by atoms with van der Waals surface area (Å²) in [6.45, 7) is 0. The minimum atomic E-state index is -3.49. The van der Waals surface area contributed by atoms with Crippen molar-refractivity contribution in [1.29, 1.82) is 0 Å². The van der Waals surface area contributed by atoms with Crippen molar-refractivity contribution in [2.45, 2.75) is 4.90 Å². The highest BCUT2D eigenvalue weighted by atomic mass is 35.5. The molecule has 1 N–H and O–H groups in total.